The van der Waals surface area contributed by atoms with Crippen LogP contribution in [0.15, 0.2) is 43.0 Å². The highest BCUT2D eigenvalue weighted by Crippen LogP contribution is 2.31. The first-order valence-electron chi connectivity index (χ1n) is 8.62. The van der Waals surface area contributed by atoms with Gasteiger partial charge in [0, 0.05) is 12.6 Å². The number of aliphatic hydroxyl groups is 1. The largest absolute Gasteiger partial charge is 0.389 e. The summed E-state index contributed by atoms with van der Waals surface area (Å²) >= 11 is 0. The fourth-order valence-corrected chi connectivity index (χ4v) is 3.64. The molecule has 7 nitrogen and oxygen atoms in total. The summed E-state index contributed by atoms with van der Waals surface area (Å²) in [7, 11) is 0. The molecular formula is C18H22N6O. The van der Waals surface area contributed by atoms with Crippen molar-refractivity contribution in [3.63, 3.8) is 0 Å². The normalized spacial score (nSPS) is 23.8. The van der Waals surface area contributed by atoms with E-state index in [2.05, 4.69) is 32.4 Å². The number of imidazole rings is 1. The molecule has 3 aromatic rings. The second-order valence-electron chi connectivity index (χ2n) is 6.54. The van der Waals surface area contributed by atoms with Gasteiger partial charge in [-0.15, -0.1) is 0 Å². The SMILES string of the molecule is Nc1ncnc2c1ncn2[C@@H]1CCC[C@@H](NCc2ccccc2)[C@H]1O. The Balaban J connectivity index is 1.53. The standard InChI is InChI=1S/C18H22N6O/c19-17-15-18(22-10-21-17)24(11-23-15)14-8-4-7-13(16(14)25)20-9-12-5-2-1-3-6-12/h1-3,5-6,10-11,13-14,16,20,25H,4,7-9H2,(H2,19,21,22)/t13-,14-,16-/m1/s1. The van der Waals surface area contributed by atoms with Crippen molar-refractivity contribution < 1.29 is 5.11 Å². The molecule has 25 heavy (non-hydrogen) atoms. The van der Waals surface area contributed by atoms with Crippen molar-refractivity contribution in [3.05, 3.63) is 48.5 Å². The van der Waals surface area contributed by atoms with Crippen LogP contribution in [0.2, 0.25) is 0 Å². The predicted molar refractivity (Wildman–Crippen MR) is 95.7 cm³/mol. The Kier molecular flexibility index (Phi) is 4.33. The number of nitrogens with one attached hydrogen (secondary N) is 1. The van der Waals surface area contributed by atoms with Crippen molar-refractivity contribution in [2.45, 2.75) is 44.0 Å². The zero-order valence-corrected chi connectivity index (χ0v) is 13.9. The Hall–Kier alpha value is -2.51. The summed E-state index contributed by atoms with van der Waals surface area (Å²) in [5, 5.41) is 14.4. The van der Waals surface area contributed by atoms with Gasteiger partial charge in [0.25, 0.3) is 0 Å². The molecule has 1 fully saturated rings. The van der Waals surface area contributed by atoms with Crippen LogP contribution in [0.5, 0.6) is 0 Å². The highest BCUT2D eigenvalue weighted by molar-refractivity contribution is 5.81. The number of nitrogen functional groups attached to an aromatic ring is 1. The van der Waals surface area contributed by atoms with Crippen LogP contribution < -0.4 is 11.1 Å². The Labute approximate surface area is 145 Å². The van der Waals surface area contributed by atoms with Crippen molar-refractivity contribution in [3.8, 4) is 0 Å². The number of hydrogen-bond acceptors (Lipinski definition) is 6. The number of hydrogen-bond donors (Lipinski definition) is 3. The molecule has 2 aromatic heterocycles. The maximum atomic E-state index is 10.9. The fraction of sp³-hybridized carbons (Fsp3) is 0.389. The maximum Gasteiger partial charge on any atom is 0.165 e. The zero-order valence-electron chi connectivity index (χ0n) is 13.9. The molecule has 1 saturated carbocycles. The molecule has 3 atom stereocenters. The third kappa shape index (κ3) is 3.08. The van der Waals surface area contributed by atoms with Crippen LogP contribution in [0.3, 0.4) is 0 Å². The summed E-state index contributed by atoms with van der Waals surface area (Å²) in [6.07, 6.45) is 5.52. The Morgan fingerprint density at radius 2 is 2.00 bits per heavy atom. The highest BCUT2D eigenvalue weighted by atomic mass is 16.3. The molecule has 1 aliphatic carbocycles. The lowest BCUT2D eigenvalue weighted by atomic mass is 9.87. The molecule has 0 spiro atoms. The second kappa shape index (κ2) is 6.78. The van der Waals surface area contributed by atoms with Gasteiger partial charge in [-0.1, -0.05) is 30.3 Å². The van der Waals surface area contributed by atoms with E-state index in [9.17, 15) is 5.11 Å². The average Bonchev–Trinajstić information content (AvgIpc) is 3.07. The number of fused-ring (bicyclic) bond motifs is 1. The average molecular weight is 338 g/mol. The van der Waals surface area contributed by atoms with Gasteiger partial charge in [-0.25, -0.2) is 15.0 Å². The predicted octanol–water partition coefficient (Wildman–Crippen LogP) is 1.65. The van der Waals surface area contributed by atoms with E-state index in [1.54, 1.807) is 6.33 Å². The van der Waals surface area contributed by atoms with Crippen LogP contribution in [-0.2, 0) is 6.54 Å². The third-order valence-electron chi connectivity index (χ3n) is 4.98. The highest BCUT2D eigenvalue weighted by Gasteiger charge is 2.33. The minimum atomic E-state index is -0.508. The van der Waals surface area contributed by atoms with E-state index < -0.39 is 6.10 Å². The number of aromatic nitrogens is 4. The van der Waals surface area contributed by atoms with Crippen LogP contribution >= 0.6 is 0 Å². The zero-order chi connectivity index (χ0) is 17.2. The number of aliphatic hydroxyl groups excluding tert-OH is 1. The monoisotopic (exact) mass is 338 g/mol. The smallest absolute Gasteiger partial charge is 0.165 e. The molecule has 4 N–H and O–H groups in total. The van der Waals surface area contributed by atoms with Gasteiger partial charge in [-0.3, -0.25) is 0 Å². The molecule has 4 rings (SSSR count). The number of anilines is 1. The fourth-order valence-electron chi connectivity index (χ4n) is 3.64. The third-order valence-corrected chi connectivity index (χ3v) is 4.98. The molecule has 130 valence electrons. The number of rotatable bonds is 4. The Bertz CT molecular complexity index is 849. The van der Waals surface area contributed by atoms with E-state index in [0.717, 1.165) is 25.8 Å². The van der Waals surface area contributed by atoms with E-state index in [1.165, 1.54) is 11.9 Å². The first kappa shape index (κ1) is 16.0. The van der Waals surface area contributed by atoms with E-state index in [-0.39, 0.29) is 12.1 Å². The number of nitrogens with two attached hydrogens (primary N) is 1. The maximum absolute atomic E-state index is 10.9. The van der Waals surface area contributed by atoms with Crippen LogP contribution in [0, 0.1) is 0 Å². The van der Waals surface area contributed by atoms with Gasteiger partial charge >= 0.3 is 0 Å². The van der Waals surface area contributed by atoms with Crippen molar-refractivity contribution in [1.82, 2.24) is 24.8 Å². The molecule has 0 radical (unpaired) electrons. The van der Waals surface area contributed by atoms with E-state index in [0.29, 0.717) is 17.0 Å². The van der Waals surface area contributed by atoms with Crippen molar-refractivity contribution >= 4 is 17.0 Å². The summed E-state index contributed by atoms with van der Waals surface area (Å²) in [5.74, 6) is 0.368. The topological polar surface area (TPSA) is 102 Å². The van der Waals surface area contributed by atoms with Crippen molar-refractivity contribution in [2.24, 2.45) is 0 Å². The summed E-state index contributed by atoms with van der Waals surface area (Å²) in [4.78, 5) is 12.6. The molecule has 0 aliphatic heterocycles. The molecule has 0 saturated heterocycles. The van der Waals surface area contributed by atoms with Crippen LogP contribution in [0.4, 0.5) is 5.82 Å². The quantitative estimate of drug-likeness (QED) is 0.668. The van der Waals surface area contributed by atoms with Crippen LogP contribution in [0.1, 0.15) is 30.9 Å². The number of benzene rings is 1. The van der Waals surface area contributed by atoms with Gasteiger partial charge in [-0.2, -0.15) is 0 Å². The van der Waals surface area contributed by atoms with E-state index in [1.807, 2.05) is 22.8 Å². The molecule has 1 aliphatic rings. The van der Waals surface area contributed by atoms with Crippen molar-refractivity contribution in [1.29, 1.82) is 0 Å². The number of nitrogens with zero attached hydrogens (tertiary/aromatic N) is 4. The lowest BCUT2D eigenvalue weighted by molar-refractivity contribution is 0.0437. The Morgan fingerprint density at radius 1 is 1.16 bits per heavy atom. The van der Waals surface area contributed by atoms with E-state index in [4.69, 9.17) is 5.73 Å². The van der Waals surface area contributed by atoms with Crippen LogP contribution in [-0.4, -0.2) is 36.8 Å². The molecule has 7 heteroatoms. The molecule has 1 aromatic carbocycles. The first-order chi connectivity index (χ1) is 12.2. The molecule has 2 heterocycles. The van der Waals surface area contributed by atoms with Crippen LogP contribution in [0.25, 0.3) is 11.2 Å². The molecule has 0 amide bonds. The molecule has 0 bridgehead atoms. The van der Waals surface area contributed by atoms with Gasteiger partial charge in [0.15, 0.2) is 11.5 Å². The second-order valence-corrected chi connectivity index (χ2v) is 6.54. The molecular weight excluding hydrogens is 316 g/mol. The Morgan fingerprint density at radius 3 is 2.84 bits per heavy atom. The van der Waals surface area contributed by atoms with Gasteiger partial charge in [0.05, 0.1) is 18.5 Å². The first-order valence-corrected chi connectivity index (χ1v) is 8.62. The summed E-state index contributed by atoms with van der Waals surface area (Å²) in [6.45, 7) is 0.745. The lowest BCUT2D eigenvalue weighted by Gasteiger charge is -2.36. The van der Waals surface area contributed by atoms with Gasteiger partial charge in [0.2, 0.25) is 0 Å². The summed E-state index contributed by atoms with van der Waals surface area (Å²) in [5.41, 5.74) is 8.36. The minimum Gasteiger partial charge on any atom is -0.389 e. The molecule has 0 unspecified atom stereocenters. The van der Waals surface area contributed by atoms with Gasteiger partial charge in [0.1, 0.15) is 11.8 Å². The minimum absolute atomic E-state index is 0.0376. The lowest BCUT2D eigenvalue weighted by Crippen LogP contribution is -2.47. The summed E-state index contributed by atoms with van der Waals surface area (Å²) in [6, 6.07) is 10.2. The van der Waals surface area contributed by atoms with Crippen molar-refractivity contribution in [2.75, 3.05) is 5.73 Å². The van der Waals surface area contributed by atoms with E-state index >= 15 is 0 Å². The summed E-state index contributed by atoms with van der Waals surface area (Å²) < 4.78 is 1.94. The van der Waals surface area contributed by atoms with Gasteiger partial charge < -0.3 is 20.7 Å². The van der Waals surface area contributed by atoms with Gasteiger partial charge in [-0.05, 0) is 24.8 Å².